The number of ketones is 1. The van der Waals surface area contributed by atoms with Gasteiger partial charge < -0.3 is 5.11 Å². The number of pyridine rings is 1. The van der Waals surface area contributed by atoms with Crippen LogP contribution in [0.1, 0.15) is 65.2 Å². The molecule has 0 aliphatic rings. The van der Waals surface area contributed by atoms with Crippen LogP contribution in [0, 0.1) is 0 Å². The molecule has 0 radical (unpaired) electrons. The number of carboxylic acid groups (broad SMARTS) is 1. The molecular formula is C50H26BF24NO3. The second-order valence-electron chi connectivity index (χ2n) is 17.2. The lowest BCUT2D eigenvalue weighted by Crippen LogP contribution is -2.75. The number of para-hydroxylation sites is 1. The van der Waals surface area contributed by atoms with Crippen molar-refractivity contribution in [3.8, 4) is 0 Å². The number of rotatable bonds is 8. The van der Waals surface area contributed by atoms with Gasteiger partial charge in [-0.2, -0.15) is 132 Å². The Kier molecular flexibility index (Phi) is 15.9. The number of carboxylic acids is 1. The number of nitrogens with zero attached hydrogens (tertiary/aromatic N) is 1. The van der Waals surface area contributed by atoms with Gasteiger partial charge in [0.2, 0.25) is 17.8 Å². The number of carbonyl (C=O) groups is 2. The molecule has 0 atom stereocenters. The van der Waals surface area contributed by atoms with Crippen LogP contribution >= 0.6 is 0 Å². The minimum absolute atomic E-state index is 0.0150. The van der Waals surface area contributed by atoms with E-state index in [4.69, 9.17) is 0 Å². The molecule has 4 nitrogen and oxygen atoms in total. The molecule has 7 aromatic rings. The van der Waals surface area contributed by atoms with Gasteiger partial charge in [0.25, 0.3) is 0 Å². The van der Waals surface area contributed by atoms with Crippen LogP contribution in [-0.2, 0) is 56.0 Å². The Bertz CT molecular complexity index is 2990. The molecular weight excluding hydrogens is 1130 g/mol. The lowest BCUT2D eigenvalue weighted by Gasteiger charge is -2.46. The molecule has 0 fully saturated rings. The third-order valence-electron chi connectivity index (χ3n) is 12.0. The van der Waals surface area contributed by atoms with E-state index >= 15 is 0 Å². The average molecular weight is 1160 g/mol. The number of hydrogen-bond acceptors (Lipinski definition) is 2. The average Bonchev–Trinajstić information content (AvgIpc) is 3.54. The van der Waals surface area contributed by atoms with Crippen LogP contribution in [0.15, 0.2) is 140 Å². The Morgan fingerprint density at radius 2 is 0.633 bits per heavy atom. The summed E-state index contributed by atoms with van der Waals surface area (Å²) in [6, 6.07) is 8.97. The fourth-order valence-corrected chi connectivity index (χ4v) is 8.55. The number of halogens is 24. The molecule has 0 saturated heterocycles. The molecule has 6 aromatic carbocycles. The number of fused-ring (bicyclic) bond motifs is 1. The number of benzene rings is 6. The highest BCUT2D eigenvalue weighted by Crippen LogP contribution is 2.41. The van der Waals surface area contributed by atoms with E-state index < -0.39 is 201 Å². The number of alkyl halides is 24. The molecule has 0 aliphatic carbocycles. The van der Waals surface area contributed by atoms with Crippen molar-refractivity contribution in [3.05, 3.63) is 195 Å². The summed E-state index contributed by atoms with van der Waals surface area (Å²) in [6.45, 7) is 0.171. The van der Waals surface area contributed by atoms with Crippen LogP contribution in [-0.4, -0.2) is 23.0 Å². The molecule has 0 bridgehead atoms. The largest absolute Gasteiger partial charge is 0.478 e. The summed E-state index contributed by atoms with van der Waals surface area (Å²) < 4.78 is 343. The van der Waals surface area contributed by atoms with E-state index in [1.807, 2.05) is 30.3 Å². The summed E-state index contributed by atoms with van der Waals surface area (Å²) in [5, 5.41) is 9.88. The molecule has 0 aliphatic heterocycles. The third kappa shape index (κ3) is 13.4. The first-order valence-electron chi connectivity index (χ1n) is 21.5. The normalized spacial score (nSPS) is 13.3. The maximum atomic E-state index is 14.2. The van der Waals surface area contributed by atoms with Crippen molar-refractivity contribution in [2.45, 2.75) is 56.0 Å². The van der Waals surface area contributed by atoms with Crippen molar-refractivity contribution in [2.75, 3.05) is 0 Å². The second kappa shape index (κ2) is 20.8. The van der Waals surface area contributed by atoms with E-state index in [0.29, 0.717) is 10.9 Å². The molecule has 0 amide bonds. The molecule has 1 N–H and O–H groups in total. The van der Waals surface area contributed by atoms with Crippen molar-refractivity contribution in [1.82, 2.24) is 0 Å². The van der Waals surface area contributed by atoms with Crippen molar-refractivity contribution >= 4 is 50.7 Å². The van der Waals surface area contributed by atoms with E-state index in [0.717, 1.165) is 5.52 Å². The SMILES string of the molecule is FC(F)(F)c1cc([B-](c2cc(C(F)(F)F)cc(C(F)(F)F)c2)(c2cc(C(F)(F)F)cc(C(F)(F)F)c2)c2cc(C(F)(F)F)cc(C(F)(F)F)c2)cc(C(F)(F)F)c1.O=C(C[n+]1ccc(C(=O)O)c2ccccc21)c1ccccc1. The number of aromatic nitrogens is 1. The van der Waals surface area contributed by atoms with Gasteiger partial charge in [0.15, 0.2) is 6.20 Å². The molecule has 79 heavy (non-hydrogen) atoms. The molecule has 1 aromatic heterocycles. The highest BCUT2D eigenvalue weighted by Gasteiger charge is 2.47. The Labute approximate surface area is 426 Å². The van der Waals surface area contributed by atoms with E-state index in [-0.39, 0.29) is 17.9 Å². The summed E-state index contributed by atoms with van der Waals surface area (Å²) in [7, 11) is 0. The highest BCUT2D eigenvalue weighted by molar-refractivity contribution is 7.20. The molecule has 7 rings (SSSR count). The summed E-state index contributed by atoms with van der Waals surface area (Å²) in [5.74, 6) is -0.989. The van der Waals surface area contributed by atoms with Gasteiger partial charge >= 0.3 is 55.4 Å². The van der Waals surface area contributed by atoms with E-state index in [1.165, 1.54) is 6.07 Å². The van der Waals surface area contributed by atoms with E-state index in [2.05, 4.69) is 0 Å². The van der Waals surface area contributed by atoms with Gasteiger partial charge in [0.1, 0.15) is 6.15 Å². The van der Waals surface area contributed by atoms with Gasteiger partial charge in [0.05, 0.1) is 55.5 Å². The predicted octanol–water partition coefficient (Wildman–Crippen LogP) is 13.9. The fourth-order valence-electron chi connectivity index (χ4n) is 8.55. The van der Waals surface area contributed by atoms with Crippen LogP contribution < -0.4 is 26.4 Å². The first kappa shape index (κ1) is 60.5. The van der Waals surface area contributed by atoms with Gasteiger partial charge in [-0.25, -0.2) is 4.79 Å². The predicted molar refractivity (Wildman–Crippen MR) is 232 cm³/mol. The number of hydrogen-bond donors (Lipinski definition) is 1. The Hall–Kier alpha value is -7.75. The lowest BCUT2D eigenvalue weighted by molar-refractivity contribution is -0.657. The third-order valence-corrected chi connectivity index (χ3v) is 12.0. The minimum atomic E-state index is -6.13. The van der Waals surface area contributed by atoms with E-state index in [9.17, 15) is 120 Å². The zero-order valence-electron chi connectivity index (χ0n) is 38.3. The standard InChI is InChI=1S/C32H12BF24.C18H13NO3/c34-25(35,36)13-1-14(26(37,38)39)6-21(5-13)33(22-7-15(27(40,41)42)2-16(8-22)28(43,44)45,23-9-17(29(46,47)48)3-18(10-23)30(49,50)51)24-11-19(31(52,53)54)4-20(12-24)32(55,56)57;20-17(13-6-2-1-3-7-13)12-19-11-10-15(18(21)22)14-8-4-5-9-16(14)19/h1-12H;1-11H,12H2/q-1;/p+1. The first-order chi connectivity index (χ1) is 35.9. The van der Waals surface area contributed by atoms with Gasteiger partial charge in [-0.1, -0.05) is 91.0 Å². The topological polar surface area (TPSA) is 58.2 Å². The number of carbonyl (C=O) groups excluding carboxylic acids is 1. The van der Waals surface area contributed by atoms with Crippen LogP contribution in [0.2, 0.25) is 0 Å². The van der Waals surface area contributed by atoms with Crippen LogP contribution in [0.3, 0.4) is 0 Å². The Balaban J connectivity index is 0.000000378. The van der Waals surface area contributed by atoms with Crippen molar-refractivity contribution in [1.29, 1.82) is 0 Å². The summed E-state index contributed by atoms with van der Waals surface area (Å²) in [4.78, 5) is 23.6. The quantitative estimate of drug-likeness (QED) is 0.0714. The first-order valence-corrected chi connectivity index (χ1v) is 21.5. The van der Waals surface area contributed by atoms with Gasteiger partial charge in [-0.3, -0.25) is 4.79 Å². The molecule has 0 unspecified atom stereocenters. The Morgan fingerprint density at radius 1 is 0.367 bits per heavy atom. The van der Waals surface area contributed by atoms with Crippen LogP contribution in [0.4, 0.5) is 105 Å². The molecule has 420 valence electrons. The van der Waals surface area contributed by atoms with Gasteiger partial charge in [0, 0.05) is 17.7 Å². The molecule has 29 heteroatoms. The van der Waals surface area contributed by atoms with Crippen molar-refractivity contribution in [3.63, 3.8) is 0 Å². The zero-order valence-corrected chi connectivity index (χ0v) is 38.3. The second-order valence-corrected chi connectivity index (χ2v) is 17.2. The molecule has 0 saturated carbocycles. The van der Waals surface area contributed by atoms with Crippen LogP contribution in [0.5, 0.6) is 0 Å². The molecule has 0 spiro atoms. The van der Waals surface area contributed by atoms with Crippen LogP contribution in [0.25, 0.3) is 10.9 Å². The highest BCUT2D eigenvalue weighted by atomic mass is 19.4. The van der Waals surface area contributed by atoms with E-state index in [1.54, 1.807) is 35.0 Å². The van der Waals surface area contributed by atoms with Gasteiger partial charge in [-0.15, -0.1) is 0 Å². The summed E-state index contributed by atoms with van der Waals surface area (Å²) in [6.07, 6.45) is -53.2. The number of Topliss-reactive ketones (excluding diaryl/α,β-unsaturated/α-hetero) is 1. The number of aromatic carboxylic acids is 1. The fraction of sp³-hybridized carbons (Fsp3) is 0.180. The van der Waals surface area contributed by atoms with Crippen molar-refractivity contribution in [2.24, 2.45) is 0 Å². The minimum Gasteiger partial charge on any atom is -0.478 e. The van der Waals surface area contributed by atoms with Gasteiger partial charge in [-0.05, 0) is 30.3 Å². The Morgan fingerprint density at radius 3 is 0.899 bits per heavy atom. The zero-order chi connectivity index (χ0) is 59.4. The lowest BCUT2D eigenvalue weighted by atomic mass is 9.12. The molecule has 1 heterocycles. The summed E-state index contributed by atoms with van der Waals surface area (Å²) in [5.41, 5.74) is -28.6. The monoisotopic (exact) mass is 1160 g/mol. The summed E-state index contributed by atoms with van der Waals surface area (Å²) >= 11 is 0. The maximum Gasteiger partial charge on any atom is 0.416 e. The maximum absolute atomic E-state index is 14.2. The van der Waals surface area contributed by atoms with Crippen molar-refractivity contribution < 1.29 is 125 Å². The smallest absolute Gasteiger partial charge is 0.416 e.